The Morgan fingerprint density at radius 3 is 1.74 bits per heavy atom. The van der Waals surface area contributed by atoms with Gasteiger partial charge in [-0.15, -0.1) is 0 Å². The van der Waals surface area contributed by atoms with Crippen molar-refractivity contribution in [1.29, 1.82) is 0 Å². The highest BCUT2D eigenvalue weighted by atomic mass is 16.6. The summed E-state index contributed by atoms with van der Waals surface area (Å²) in [6.45, 7) is 4.86. The first-order chi connectivity index (χ1) is 20.5. The van der Waals surface area contributed by atoms with E-state index in [2.05, 4.69) is 13.8 Å². The number of carbonyl (C=O) groups is 2. The Morgan fingerprint density at radius 2 is 1.21 bits per heavy atom. The van der Waals surface area contributed by atoms with E-state index in [4.69, 9.17) is 14.2 Å². The number of rotatable bonds is 20. The van der Waals surface area contributed by atoms with Crippen molar-refractivity contribution in [2.45, 2.75) is 97.3 Å². The van der Waals surface area contributed by atoms with Crippen LogP contribution in [0.3, 0.4) is 0 Å². The van der Waals surface area contributed by atoms with Crippen molar-refractivity contribution in [2.24, 2.45) is 0 Å². The molecule has 0 amide bonds. The number of esters is 1. The largest absolute Gasteiger partial charge is 0.490 e. The van der Waals surface area contributed by atoms with Crippen molar-refractivity contribution in [1.82, 2.24) is 0 Å². The molecule has 0 aliphatic heterocycles. The van der Waals surface area contributed by atoms with Gasteiger partial charge >= 0.3 is 11.9 Å². The number of hydrogen-bond acceptors (Lipinski definition) is 5. The summed E-state index contributed by atoms with van der Waals surface area (Å²) in [7, 11) is 2.91. The van der Waals surface area contributed by atoms with E-state index in [0.717, 1.165) is 48.8 Å². The molecule has 2 aromatic carbocycles. The van der Waals surface area contributed by atoms with E-state index in [9.17, 15) is 14.7 Å². The lowest BCUT2D eigenvalue weighted by Gasteiger charge is -2.12. The Labute approximate surface area is 253 Å². The van der Waals surface area contributed by atoms with Gasteiger partial charge in [0.1, 0.15) is 0 Å². The van der Waals surface area contributed by atoms with E-state index in [1.54, 1.807) is 6.08 Å². The molecule has 0 radical (unpaired) electrons. The molecule has 0 saturated heterocycles. The van der Waals surface area contributed by atoms with E-state index in [-0.39, 0.29) is 11.5 Å². The molecule has 0 heterocycles. The number of hydrogen-bond donors (Lipinski definition) is 1. The molecule has 0 fully saturated rings. The first kappa shape index (κ1) is 36.5. The van der Waals surface area contributed by atoms with Gasteiger partial charge < -0.3 is 19.3 Å². The number of allylic oxidation sites excluding steroid dienone is 1. The van der Waals surface area contributed by atoms with Crippen LogP contribution in [0.2, 0.25) is 0 Å². The van der Waals surface area contributed by atoms with Gasteiger partial charge in [0.25, 0.3) is 0 Å². The predicted molar refractivity (Wildman–Crippen MR) is 172 cm³/mol. The van der Waals surface area contributed by atoms with Gasteiger partial charge in [0, 0.05) is 5.57 Å². The van der Waals surface area contributed by atoms with Gasteiger partial charge in [0.05, 0.1) is 20.8 Å². The molecular formula is C36H52O6. The number of carbonyl (C=O) groups excluding carboxylic acids is 1. The minimum atomic E-state index is -0.998. The monoisotopic (exact) mass is 580 g/mol. The van der Waals surface area contributed by atoms with Crippen molar-refractivity contribution in [3.05, 3.63) is 83.3 Å². The Kier molecular flexibility index (Phi) is 20.9. The molecule has 232 valence electrons. The number of benzene rings is 2. The SMILES string of the molecule is CCCCCCCCC(=C(OC)C(=O)O)c1ccccc1.CCCCCCCCOC(=O)C(=Cc1ccccc1)OC. The summed E-state index contributed by atoms with van der Waals surface area (Å²) in [5.74, 6) is -1.08. The van der Waals surface area contributed by atoms with Crippen molar-refractivity contribution in [3.8, 4) is 0 Å². The summed E-state index contributed by atoms with van der Waals surface area (Å²) < 4.78 is 15.5. The molecule has 0 atom stereocenters. The summed E-state index contributed by atoms with van der Waals surface area (Å²) in [6.07, 6.45) is 16.6. The number of ether oxygens (including phenoxy) is 3. The molecule has 0 bridgehead atoms. The number of carboxylic acid groups (broad SMARTS) is 1. The second-order valence-corrected chi connectivity index (χ2v) is 10.2. The summed E-state index contributed by atoms with van der Waals surface area (Å²) in [6, 6.07) is 19.3. The van der Waals surface area contributed by atoms with Crippen LogP contribution in [-0.4, -0.2) is 37.9 Å². The number of carboxylic acids is 1. The Bertz CT molecular complexity index is 1040. The molecule has 2 aromatic rings. The smallest absolute Gasteiger partial charge is 0.373 e. The average molecular weight is 581 g/mol. The molecule has 0 unspecified atom stereocenters. The fraction of sp³-hybridized carbons (Fsp3) is 0.500. The topological polar surface area (TPSA) is 82.1 Å². The molecule has 6 heteroatoms. The third-order valence-electron chi connectivity index (χ3n) is 6.82. The molecule has 0 aromatic heterocycles. The lowest BCUT2D eigenvalue weighted by atomic mass is 9.97. The minimum Gasteiger partial charge on any atom is -0.490 e. The van der Waals surface area contributed by atoms with E-state index < -0.39 is 11.9 Å². The highest BCUT2D eigenvalue weighted by Crippen LogP contribution is 2.26. The average Bonchev–Trinajstić information content (AvgIpc) is 3.01. The summed E-state index contributed by atoms with van der Waals surface area (Å²) in [5, 5.41) is 9.29. The van der Waals surface area contributed by atoms with E-state index in [1.165, 1.54) is 65.6 Å². The minimum absolute atomic E-state index is 0.0646. The second kappa shape index (κ2) is 24.1. The fourth-order valence-corrected chi connectivity index (χ4v) is 4.47. The van der Waals surface area contributed by atoms with Crippen LogP contribution in [0.15, 0.2) is 72.2 Å². The standard InChI is InChI=1S/2C18H26O3/c1-3-4-5-6-7-11-14-21-18(19)17(20-2)15-16-12-9-8-10-13-16;1-3-4-5-6-7-11-14-16(17(21-2)18(19)20)15-12-9-8-10-13-15/h8-10,12-13,15H,3-7,11,14H2,1-2H3;8-10,12-13H,3-7,11,14H2,1-2H3,(H,19,20). The van der Waals surface area contributed by atoms with Gasteiger partial charge in [-0.25, -0.2) is 9.59 Å². The normalized spacial score (nSPS) is 11.6. The summed E-state index contributed by atoms with van der Waals surface area (Å²) in [4.78, 5) is 23.2. The predicted octanol–water partition coefficient (Wildman–Crippen LogP) is 9.46. The zero-order valence-electron chi connectivity index (χ0n) is 26.2. The van der Waals surface area contributed by atoms with Crippen LogP contribution >= 0.6 is 0 Å². The maximum Gasteiger partial charge on any atom is 0.373 e. The third-order valence-corrected chi connectivity index (χ3v) is 6.82. The van der Waals surface area contributed by atoms with Gasteiger partial charge in [-0.1, -0.05) is 139 Å². The van der Waals surface area contributed by atoms with Gasteiger partial charge in [0.2, 0.25) is 11.5 Å². The van der Waals surface area contributed by atoms with Crippen LogP contribution in [0.5, 0.6) is 0 Å². The van der Waals surface area contributed by atoms with Crippen molar-refractivity contribution in [2.75, 3.05) is 20.8 Å². The number of methoxy groups -OCH3 is 2. The maximum atomic E-state index is 11.9. The van der Waals surface area contributed by atoms with E-state index in [0.29, 0.717) is 6.61 Å². The molecule has 0 aliphatic rings. The molecule has 0 aliphatic carbocycles. The molecule has 0 saturated carbocycles. The van der Waals surface area contributed by atoms with Crippen LogP contribution < -0.4 is 0 Å². The van der Waals surface area contributed by atoms with Gasteiger partial charge in [-0.2, -0.15) is 0 Å². The molecule has 2 rings (SSSR count). The molecule has 42 heavy (non-hydrogen) atoms. The quantitative estimate of drug-likeness (QED) is 0.0727. The van der Waals surface area contributed by atoms with Crippen LogP contribution in [0.25, 0.3) is 11.6 Å². The summed E-state index contributed by atoms with van der Waals surface area (Å²) in [5.41, 5.74) is 2.65. The zero-order chi connectivity index (χ0) is 30.8. The lowest BCUT2D eigenvalue weighted by molar-refractivity contribution is -0.142. The van der Waals surface area contributed by atoms with E-state index in [1.807, 2.05) is 60.7 Å². The van der Waals surface area contributed by atoms with Crippen molar-refractivity contribution >= 4 is 23.6 Å². The molecule has 6 nitrogen and oxygen atoms in total. The summed E-state index contributed by atoms with van der Waals surface area (Å²) >= 11 is 0. The fourth-order valence-electron chi connectivity index (χ4n) is 4.47. The second-order valence-electron chi connectivity index (χ2n) is 10.2. The van der Waals surface area contributed by atoms with Crippen molar-refractivity contribution in [3.63, 3.8) is 0 Å². The van der Waals surface area contributed by atoms with Crippen LogP contribution in [0, 0.1) is 0 Å². The van der Waals surface area contributed by atoms with Crippen LogP contribution in [-0.2, 0) is 23.8 Å². The highest BCUT2D eigenvalue weighted by Gasteiger charge is 2.16. The van der Waals surface area contributed by atoms with Crippen LogP contribution in [0.1, 0.15) is 108 Å². The Morgan fingerprint density at radius 1 is 0.690 bits per heavy atom. The number of unbranched alkanes of at least 4 members (excludes halogenated alkanes) is 10. The first-order valence-corrected chi connectivity index (χ1v) is 15.5. The van der Waals surface area contributed by atoms with Crippen molar-refractivity contribution < 1.29 is 28.9 Å². The highest BCUT2D eigenvalue weighted by molar-refractivity contribution is 5.94. The molecular weight excluding hydrogens is 528 g/mol. The Hall–Kier alpha value is -3.54. The Balaban J connectivity index is 0.000000420. The number of aliphatic carboxylic acids is 1. The maximum absolute atomic E-state index is 11.9. The van der Waals surface area contributed by atoms with E-state index >= 15 is 0 Å². The first-order valence-electron chi connectivity index (χ1n) is 15.5. The lowest BCUT2D eigenvalue weighted by Crippen LogP contribution is -2.10. The molecule has 1 N–H and O–H groups in total. The zero-order valence-corrected chi connectivity index (χ0v) is 26.2. The molecule has 0 spiro atoms. The van der Waals surface area contributed by atoms with Gasteiger partial charge in [0.15, 0.2) is 0 Å². The van der Waals surface area contributed by atoms with Crippen LogP contribution in [0.4, 0.5) is 0 Å². The van der Waals surface area contributed by atoms with Gasteiger partial charge in [-0.3, -0.25) is 0 Å². The third kappa shape index (κ3) is 16.0. The van der Waals surface area contributed by atoms with Gasteiger partial charge in [-0.05, 0) is 36.5 Å².